The van der Waals surface area contributed by atoms with Crippen LogP contribution in [0, 0.1) is 20.8 Å². The maximum atomic E-state index is 12.8. The number of aromatic amines is 1. The number of carbonyl (C=O) groups excluding carboxylic acids is 1. The van der Waals surface area contributed by atoms with Crippen LogP contribution < -0.4 is 10.9 Å². The molecule has 5 nitrogen and oxygen atoms in total. The van der Waals surface area contributed by atoms with Crippen LogP contribution in [0.15, 0.2) is 23.0 Å². The number of fused-ring (bicyclic) bond motifs is 1. The molecule has 136 valence electrons. The molecule has 0 aliphatic heterocycles. The average Bonchev–Trinajstić information content (AvgIpc) is 2.92. The molecule has 0 aliphatic carbocycles. The van der Waals surface area contributed by atoms with Crippen LogP contribution in [0.25, 0.3) is 10.2 Å². The summed E-state index contributed by atoms with van der Waals surface area (Å²) < 4.78 is 0. The Labute approximate surface area is 160 Å². The molecule has 1 amide bonds. The minimum absolute atomic E-state index is 0.209. The van der Waals surface area contributed by atoms with Crippen LogP contribution in [-0.2, 0) is 6.42 Å². The van der Waals surface area contributed by atoms with Crippen molar-refractivity contribution in [1.82, 2.24) is 9.97 Å². The fourth-order valence-electron chi connectivity index (χ4n) is 2.89. The van der Waals surface area contributed by atoms with Crippen molar-refractivity contribution >= 4 is 44.7 Å². The molecule has 0 radical (unpaired) electrons. The first-order valence-electron chi connectivity index (χ1n) is 8.37. The van der Waals surface area contributed by atoms with E-state index in [1.807, 2.05) is 32.0 Å². The van der Waals surface area contributed by atoms with Gasteiger partial charge in [-0.15, -0.1) is 22.9 Å². The van der Waals surface area contributed by atoms with Gasteiger partial charge in [-0.05, 0) is 44.4 Å². The van der Waals surface area contributed by atoms with Gasteiger partial charge in [0.1, 0.15) is 10.7 Å². The predicted molar refractivity (Wildman–Crippen MR) is 108 cm³/mol. The lowest BCUT2D eigenvalue weighted by Crippen LogP contribution is -2.14. The Bertz CT molecular complexity index is 1040. The average molecular weight is 390 g/mol. The highest BCUT2D eigenvalue weighted by molar-refractivity contribution is 7.20. The molecule has 0 unspecified atom stereocenters. The van der Waals surface area contributed by atoms with Gasteiger partial charge in [0, 0.05) is 18.0 Å². The number of alkyl halides is 1. The summed E-state index contributed by atoms with van der Waals surface area (Å²) in [7, 11) is 0. The van der Waals surface area contributed by atoms with Crippen LogP contribution in [-0.4, -0.2) is 21.8 Å². The number of nitrogens with zero attached hydrogens (tertiary/aromatic N) is 1. The number of hydrogen-bond acceptors (Lipinski definition) is 4. The van der Waals surface area contributed by atoms with E-state index in [-0.39, 0.29) is 11.5 Å². The van der Waals surface area contributed by atoms with Gasteiger partial charge < -0.3 is 10.3 Å². The second kappa shape index (κ2) is 7.60. The van der Waals surface area contributed by atoms with Gasteiger partial charge in [-0.1, -0.05) is 17.7 Å². The topological polar surface area (TPSA) is 74.8 Å². The zero-order valence-electron chi connectivity index (χ0n) is 14.9. The predicted octanol–water partition coefficient (Wildman–Crippen LogP) is 4.33. The van der Waals surface area contributed by atoms with Gasteiger partial charge >= 0.3 is 0 Å². The normalized spacial score (nSPS) is 11.1. The van der Waals surface area contributed by atoms with Gasteiger partial charge in [0.05, 0.1) is 10.3 Å². The van der Waals surface area contributed by atoms with Crippen LogP contribution in [0.4, 0.5) is 5.69 Å². The Hall–Kier alpha value is -2.18. The monoisotopic (exact) mass is 389 g/mol. The van der Waals surface area contributed by atoms with Crippen molar-refractivity contribution in [3.05, 3.63) is 55.9 Å². The van der Waals surface area contributed by atoms with Crippen LogP contribution >= 0.6 is 22.9 Å². The van der Waals surface area contributed by atoms with Crippen molar-refractivity contribution < 1.29 is 4.79 Å². The quantitative estimate of drug-likeness (QED) is 0.637. The molecule has 0 saturated carbocycles. The van der Waals surface area contributed by atoms with E-state index in [2.05, 4.69) is 15.3 Å². The Balaban J connectivity index is 1.96. The number of amides is 1. The number of carbonyl (C=O) groups is 1. The van der Waals surface area contributed by atoms with Gasteiger partial charge in [-0.2, -0.15) is 0 Å². The SMILES string of the molecule is Cc1ccc(NC(=O)c2sc3nc(CCCCl)[nH]c(=O)c3c2C)c(C)c1. The zero-order valence-corrected chi connectivity index (χ0v) is 16.5. The Morgan fingerprint density at radius 1 is 1.31 bits per heavy atom. The van der Waals surface area contributed by atoms with Crippen molar-refractivity contribution in [3.8, 4) is 0 Å². The van der Waals surface area contributed by atoms with Crippen molar-refractivity contribution in [2.75, 3.05) is 11.2 Å². The summed E-state index contributed by atoms with van der Waals surface area (Å²) in [6.45, 7) is 5.75. The highest BCUT2D eigenvalue weighted by Crippen LogP contribution is 2.28. The van der Waals surface area contributed by atoms with Gasteiger partial charge in [-0.3, -0.25) is 9.59 Å². The number of thiophene rings is 1. The molecule has 0 aliphatic rings. The minimum Gasteiger partial charge on any atom is -0.321 e. The third-order valence-corrected chi connectivity index (χ3v) is 5.68. The molecule has 0 fully saturated rings. The van der Waals surface area contributed by atoms with E-state index < -0.39 is 0 Å². The third kappa shape index (κ3) is 3.66. The molecular weight excluding hydrogens is 370 g/mol. The van der Waals surface area contributed by atoms with E-state index in [1.165, 1.54) is 11.3 Å². The molecule has 26 heavy (non-hydrogen) atoms. The lowest BCUT2D eigenvalue weighted by atomic mass is 10.1. The number of nitrogens with one attached hydrogen (secondary N) is 2. The summed E-state index contributed by atoms with van der Waals surface area (Å²) in [5.74, 6) is 0.888. The third-order valence-electron chi connectivity index (χ3n) is 4.23. The van der Waals surface area contributed by atoms with E-state index in [4.69, 9.17) is 11.6 Å². The van der Waals surface area contributed by atoms with Crippen LogP contribution in [0.3, 0.4) is 0 Å². The fourth-order valence-corrected chi connectivity index (χ4v) is 4.12. The lowest BCUT2D eigenvalue weighted by Gasteiger charge is -2.08. The van der Waals surface area contributed by atoms with E-state index in [0.29, 0.717) is 38.8 Å². The largest absolute Gasteiger partial charge is 0.321 e. The number of hydrogen-bond donors (Lipinski definition) is 2. The molecule has 0 saturated heterocycles. The van der Waals surface area contributed by atoms with Gasteiger partial charge in [0.15, 0.2) is 0 Å². The molecule has 0 bridgehead atoms. The van der Waals surface area contributed by atoms with Crippen molar-refractivity contribution in [1.29, 1.82) is 0 Å². The first kappa shape index (κ1) is 18.6. The minimum atomic E-state index is -0.223. The second-order valence-electron chi connectivity index (χ2n) is 6.31. The van der Waals surface area contributed by atoms with Gasteiger partial charge in [0.25, 0.3) is 11.5 Å². The number of rotatable bonds is 5. The molecule has 1 aromatic carbocycles. The molecule has 3 aromatic rings. The number of halogens is 1. The zero-order chi connectivity index (χ0) is 18.8. The summed E-state index contributed by atoms with van der Waals surface area (Å²) >= 11 is 6.96. The maximum Gasteiger partial charge on any atom is 0.266 e. The molecule has 0 spiro atoms. The summed E-state index contributed by atoms with van der Waals surface area (Å²) in [5.41, 5.74) is 3.35. The summed E-state index contributed by atoms with van der Waals surface area (Å²) in [5, 5.41) is 3.42. The molecule has 7 heteroatoms. The molecule has 2 heterocycles. The van der Waals surface area contributed by atoms with Crippen LogP contribution in [0.2, 0.25) is 0 Å². The van der Waals surface area contributed by atoms with E-state index in [0.717, 1.165) is 23.2 Å². The van der Waals surface area contributed by atoms with Crippen LogP contribution in [0.5, 0.6) is 0 Å². The van der Waals surface area contributed by atoms with Crippen LogP contribution in [0.1, 0.15) is 38.6 Å². The summed E-state index contributed by atoms with van der Waals surface area (Å²) in [6, 6.07) is 5.86. The van der Waals surface area contributed by atoms with Gasteiger partial charge in [0.2, 0.25) is 0 Å². The van der Waals surface area contributed by atoms with Crippen molar-refractivity contribution in [3.63, 3.8) is 0 Å². The van der Waals surface area contributed by atoms with Gasteiger partial charge in [-0.25, -0.2) is 4.98 Å². The van der Waals surface area contributed by atoms with E-state index in [9.17, 15) is 9.59 Å². The van der Waals surface area contributed by atoms with Crippen molar-refractivity contribution in [2.45, 2.75) is 33.6 Å². The lowest BCUT2D eigenvalue weighted by molar-refractivity contribution is 0.103. The number of H-pyrrole nitrogens is 1. The van der Waals surface area contributed by atoms with Crippen molar-refractivity contribution in [2.24, 2.45) is 0 Å². The second-order valence-corrected chi connectivity index (χ2v) is 7.69. The fraction of sp³-hybridized carbons (Fsp3) is 0.316. The standard InChI is InChI=1S/C19H20ClN3O2S/c1-10-6-7-13(11(2)9-10)21-18(25)16-12(3)15-17(24)22-14(5-4-8-20)23-19(15)26-16/h6-7,9H,4-5,8H2,1-3H3,(H,21,25)(H,22,23,24). The summed E-state index contributed by atoms with van der Waals surface area (Å²) in [4.78, 5) is 33.6. The molecule has 2 N–H and O–H groups in total. The summed E-state index contributed by atoms with van der Waals surface area (Å²) in [6.07, 6.45) is 1.34. The molecule has 0 atom stereocenters. The Morgan fingerprint density at radius 2 is 2.08 bits per heavy atom. The number of benzene rings is 1. The first-order valence-corrected chi connectivity index (χ1v) is 9.72. The Kier molecular flexibility index (Phi) is 5.44. The Morgan fingerprint density at radius 3 is 2.77 bits per heavy atom. The molecule has 3 rings (SSSR count). The maximum absolute atomic E-state index is 12.8. The molecule has 2 aromatic heterocycles. The highest BCUT2D eigenvalue weighted by Gasteiger charge is 2.19. The number of aryl methyl sites for hydroxylation is 4. The number of aromatic nitrogens is 2. The van der Waals surface area contributed by atoms with E-state index >= 15 is 0 Å². The molecular formula is C19H20ClN3O2S. The van der Waals surface area contributed by atoms with E-state index in [1.54, 1.807) is 6.92 Å². The highest BCUT2D eigenvalue weighted by atomic mass is 35.5. The first-order chi connectivity index (χ1) is 12.4. The smallest absolute Gasteiger partial charge is 0.266 e. The number of anilines is 1.